The Balaban J connectivity index is 1.44. The minimum atomic E-state index is -0.876. The number of esters is 7. The van der Waals surface area contributed by atoms with Crippen LogP contribution in [0, 0.1) is 20.8 Å². The number of hydrogen-bond donors (Lipinski definition) is 0. The van der Waals surface area contributed by atoms with Gasteiger partial charge in [0.1, 0.15) is 36.9 Å². The summed E-state index contributed by atoms with van der Waals surface area (Å²) in [7, 11) is 2.88. The van der Waals surface area contributed by atoms with Gasteiger partial charge in [-0.3, -0.25) is 28.8 Å². The number of aryl methyl sites for hydroxylation is 2. The highest BCUT2D eigenvalue weighted by Gasteiger charge is 2.37. The smallest absolute Gasteiger partial charge is 0.342 e. The lowest BCUT2D eigenvalue weighted by Gasteiger charge is -2.29. The highest BCUT2D eigenvalue weighted by molar-refractivity contribution is 5.99. The third kappa shape index (κ3) is 34.5. The van der Waals surface area contributed by atoms with E-state index in [0.29, 0.717) is 65.9 Å². The van der Waals surface area contributed by atoms with Crippen LogP contribution in [-0.4, -0.2) is 75.3 Å². The van der Waals surface area contributed by atoms with Gasteiger partial charge >= 0.3 is 41.8 Å². The lowest BCUT2D eigenvalue weighted by molar-refractivity contribution is -0.167. The first-order chi connectivity index (χ1) is 44.8. The molecule has 15 heteroatoms. The van der Waals surface area contributed by atoms with Gasteiger partial charge in [-0.15, -0.1) is 0 Å². The maximum absolute atomic E-state index is 14.2. The Kier molecular flexibility index (Phi) is 42.8. The molecule has 0 spiro atoms. The Morgan fingerprint density at radius 3 is 1.39 bits per heavy atom. The molecule has 0 saturated heterocycles. The highest BCUT2D eigenvalue weighted by atomic mass is 16.6. The standard InChI is InChI=1S/C78H124O15/c1-11-13-15-17-19-21-23-25-27-29-33-37-41-45-68(80)88-56-63(57-89-69(81)46-42-38-34-30-28-26-24-22-20-18-16-14-12-2)91-70(82)47-43-39-35-31-32-36-40-44-48-71(83)92-66-54-60(4)53-61(5)74(66)78(7,8)55-72(84)93-76-64(51-49-59(3)50-52-67(79)86-9)75(87-10)62(6)65-58-90-77(85)73(65)76/h49,53-54,63H,11-48,50-52,55-58H2,1-10H3/b59-49+. The average Bonchev–Trinajstić information content (AvgIpc) is 1.72. The molecule has 0 aromatic heterocycles. The summed E-state index contributed by atoms with van der Waals surface area (Å²) in [4.78, 5) is 91.4. The fourth-order valence-corrected chi connectivity index (χ4v) is 12.6. The van der Waals surface area contributed by atoms with Gasteiger partial charge in [0.2, 0.25) is 0 Å². The topological polar surface area (TPSA) is 193 Å². The molecule has 1 aliphatic rings. The third-order valence-electron chi connectivity index (χ3n) is 18.0. The number of ether oxygens (including phenoxy) is 8. The van der Waals surface area contributed by atoms with Crippen molar-refractivity contribution in [3.63, 3.8) is 0 Å². The summed E-state index contributed by atoms with van der Waals surface area (Å²) in [5.41, 5.74) is 4.50. The monoisotopic (exact) mass is 1300 g/mol. The van der Waals surface area contributed by atoms with E-state index in [1.54, 1.807) is 0 Å². The van der Waals surface area contributed by atoms with Crippen molar-refractivity contribution in [3.05, 3.63) is 62.7 Å². The van der Waals surface area contributed by atoms with Crippen molar-refractivity contribution in [2.24, 2.45) is 0 Å². The molecule has 15 nitrogen and oxygen atoms in total. The quantitative estimate of drug-likeness (QED) is 0.0199. The van der Waals surface area contributed by atoms with Crippen LogP contribution in [-0.2, 0) is 70.9 Å². The van der Waals surface area contributed by atoms with Crippen molar-refractivity contribution in [2.75, 3.05) is 27.4 Å². The fraction of sp³-hybridized carbons (Fsp3) is 0.731. The Bertz CT molecular complexity index is 2510. The van der Waals surface area contributed by atoms with Crippen LogP contribution in [0.3, 0.4) is 0 Å². The number of cyclic esters (lactones) is 1. The van der Waals surface area contributed by atoms with Gasteiger partial charge in [-0.25, -0.2) is 4.79 Å². The van der Waals surface area contributed by atoms with Gasteiger partial charge in [-0.1, -0.05) is 238 Å². The summed E-state index contributed by atoms with van der Waals surface area (Å²) in [5.74, 6) is -1.97. The van der Waals surface area contributed by atoms with Crippen LogP contribution in [0.5, 0.6) is 17.2 Å². The van der Waals surface area contributed by atoms with Gasteiger partial charge in [-0.05, 0) is 89.0 Å². The van der Waals surface area contributed by atoms with Crippen molar-refractivity contribution in [2.45, 2.75) is 343 Å². The van der Waals surface area contributed by atoms with Crippen LogP contribution >= 0.6 is 0 Å². The number of rotatable bonds is 55. The molecule has 1 heterocycles. The number of allylic oxidation sites excluding steroid dienone is 2. The third-order valence-corrected chi connectivity index (χ3v) is 18.0. The first kappa shape index (κ1) is 81.5. The van der Waals surface area contributed by atoms with Crippen molar-refractivity contribution in [3.8, 4) is 17.2 Å². The molecule has 0 bridgehead atoms. The number of hydrogen-bond acceptors (Lipinski definition) is 15. The van der Waals surface area contributed by atoms with E-state index in [1.807, 2.05) is 59.8 Å². The van der Waals surface area contributed by atoms with E-state index in [-0.39, 0.29) is 87.1 Å². The second-order valence-electron chi connectivity index (χ2n) is 27.0. The van der Waals surface area contributed by atoms with Crippen LogP contribution < -0.4 is 14.2 Å². The summed E-state index contributed by atoms with van der Waals surface area (Å²) < 4.78 is 45.3. The molecule has 0 fully saturated rings. The van der Waals surface area contributed by atoms with Gasteiger partial charge in [0.05, 0.1) is 20.6 Å². The van der Waals surface area contributed by atoms with Crippen LogP contribution in [0.15, 0.2) is 23.8 Å². The maximum Gasteiger partial charge on any atom is 0.342 e. The molecule has 0 atom stereocenters. The molecule has 0 N–H and O–H groups in total. The number of carbonyl (C=O) groups excluding carboxylic acids is 7. The summed E-state index contributed by atoms with van der Waals surface area (Å²) in [6, 6.07) is 3.82. The van der Waals surface area contributed by atoms with Crippen molar-refractivity contribution >= 4 is 41.8 Å². The molecule has 0 aliphatic carbocycles. The number of benzene rings is 2. The molecule has 0 saturated carbocycles. The summed E-state index contributed by atoms with van der Waals surface area (Å²) in [5, 5.41) is 0. The summed E-state index contributed by atoms with van der Waals surface area (Å²) in [6.07, 6.45) is 41.5. The second-order valence-corrected chi connectivity index (χ2v) is 27.0. The molecule has 0 unspecified atom stereocenters. The van der Waals surface area contributed by atoms with Crippen molar-refractivity contribution < 1.29 is 71.5 Å². The molecule has 0 radical (unpaired) electrons. The Morgan fingerprint density at radius 2 is 0.946 bits per heavy atom. The van der Waals surface area contributed by atoms with E-state index in [4.69, 9.17) is 37.9 Å². The highest BCUT2D eigenvalue weighted by Crippen LogP contribution is 2.44. The Labute approximate surface area is 561 Å². The van der Waals surface area contributed by atoms with E-state index in [0.717, 1.165) is 93.7 Å². The van der Waals surface area contributed by atoms with Crippen LogP contribution in [0.25, 0.3) is 0 Å². The molecule has 93 heavy (non-hydrogen) atoms. The number of carbonyl (C=O) groups is 7. The Hall–Kier alpha value is -5.73. The SMILES string of the molecule is CCCCCCCCCCCCCCCC(=O)OCC(COC(=O)CCCCCCCCCCCCCCC)OC(=O)CCCCCCCCCCC(=O)Oc1cc(C)cc(C)c1C(C)(C)CC(=O)Oc1c(C/C=C(\C)CCC(=O)OC)c(OC)c(C)c2c1C(=O)OC2. The molecule has 0 amide bonds. The molecule has 2 aromatic rings. The maximum atomic E-state index is 14.2. The van der Waals surface area contributed by atoms with Gasteiger partial charge in [0.15, 0.2) is 11.9 Å². The number of fused-ring (bicyclic) bond motifs is 1. The van der Waals surface area contributed by atoms with E-state index >= 15 is 0 Å². The van der Waals surface area contributed by atoms with Crippen molar-refractivity contribution in [1.29, 1.82) is 0 Å². The zero-order chi connectivity index (χ0) is 68.1. The zero-order valence-electron chi connectivity index (χ0n) is 59.8. The first-order valence-electron chi connectivity index (χ1n) is 36.5. The van der Waals surface area contributed by atoms with Crippen LogP contribution in [0.4, 0.5) is 0 Å². The van der Waals surface area contributed by atoms with Crippen LogP contribution in [0.2, 0.25) is 0 Å². The number of unbranched alkanes of at least 4 members (excludes halogenated alkanes) is 31. The fourth-order valence-electron chi connectivity index (χ4n) is 12.6. The normalized spacial score (nSPS) is 12.2. The van der Waals surface area contributed by atoms with Gasteiger partial charge in [0, 0.05) is 54.2 Å². The lowest BCUT2D eigenvalue weighted by atomic mass is 9.78. The minimum Gasteiger partial charge on any atom is -0.496 e. The second kappa shape index (κ2) is 48.9. The van der Waals surface area contributed by atoms with Gasteiger partial charge in [0.25, 0.3) is 0 Å². The summed E-state index contributed by atoms with van der Waals surface area (Å²) in [6.45, 7) is 15.6. The number of methoxy groups -OCH3 is 2. The summed E-state index contributed by atoms with van der Waals surface area (Å²) >= 11 is 0. The zero-order valence-corrected chi connectivity index (χ0v) is 59.8. The lowest BCUT2D eigenvalue weighted by Crippen LogP contribution is -2.30. The molecule has 3 rings (SSSR count). The molecular weight excluding hydrogens is 1180 g/mol. The largest absolute Gasteiger partial charge is 0.496 e. The van der Waals surface area contributed by atoms with Crippen molar-refractivity contribution in [1.82, 2.24) is 0 Å². The average molecular weight is 1300 g/mol. The van der Waals surface area contributed by atoms with E-state index in [1.165, 1.54) is 143 Å². The Morgan fingerprint density at radius 1 is 0.516 bits per heavy atom. The molecule has 526 valence electrons. The molecule has 1 aliphatic heterocycles. The van der Waals surface area contributed by atoms with Gasteiger partial charge in [-0.2, -0.15) is 0 Å². The van der Waals surface area contributed by atoms with E-state index in [9.17, 15) is 33.6 Å². The van der Waals surface area contributed by atoms with E-state index in [2.05, 4.69) is 13.8 Å². The first-order valence-corrected chi connectivity index (χ1v) is 36.5. The van der Waals surface area contributed by atoms with E-state index < -0.39 is 29.4 Å². The van der Waals surface area contributed by atoms with Gasteiger partial charge < -0.3 is 37.9 Å². The molecular formula is C78H124O15. The minimum absolute atomic E-state index is 0.0209. The molecule has 2 aromatic carbocycles. The predicted octanol–water partition coefficient (Wildman–Crippen LogP) is 19.8. The predicted molar refractivity (Wildman–Crippen MR) is 369 cm³/mol. The van der Waals surface area contributed by atoms with Crippen LogP contribution in [0.1, 0.15) is 342 Å².